The molecule has 0 spiro atoms. The fourth-order valence-corrected chi connectivity index (χ4v) is 4.37. The average molecular weight is 328 g/mol. The lowest BCUT2D eigenvalue weighted by Gasteiger charge is -2.38. The summed E-state index contributed by atoms with van der Waals surface area (Å²) in [7, 11) is 0. The van der Waals surface area contributed by atoms with Gasteiger partial charge < -0.3 is 5.32 Å². The molecule has 3 unspecified atom stereocenters. The van der Waals surface area contributed by atoms with Crippen LogP contribution in [-0.2, 0) is 0 Å². The van der Waals surface area contributed by atoms with Crippen molar-refractivity contribution in [2.45, 2.75) is 23.3 Å². The minimum absolute atomic E-state index is 0.323. The third-order valence-corrected chi connectivity index (χ3v) is 5.88. The average Bonchev–Trinajstić information content (AvgIpc) is 3.05. The van der Waals surface area contributed by atoms with Crippen LogP contribution in [0.25, 0.3) is 0 Å². The van der Waals surface area contributed by atoms with Gasteiger partial charge in [0.2, 0.25) is 0 Å². The van der Waals surface area contributed by atoms with Crippen LogP contribution in [0.3, 0.4) is 0 Å². The zero-order valence-corrected chi connectivity index (χ0v) is 14.0. The maximum Gasteiger partial charge on any atom is 0.0640 e. The number of fused-ring (bicyclic) bond motifs is 3. The van der Waals surface area contributed by atoms with E-state index in [-0.39, 0.29) is 0 Å². The molecule has 1 nitrogen and oxygen atoms in total. The lowest BCUT2D eigenvalue weighted by molar-refractivity contribution is 0.425. The molecule has 112 valence electrons. The minimum atomic E-state index is 0.323. The Bertz CT molecular complexity index is 723. The second-order valence-corrected chi connectivity index (χ2v) is 7.24. The Hall–Kier alpha value is -1.38. The van der Waals surface area contributed by atoms with E-state index in [9.17, 15) is 0 Å². The first-order valence-corrected chi connectivity index (χ1v) is 9.24. The smallest absolute Gasteiger partial charge is 0.0640 e. The molecule has 1 aliphatic heterocycles. The Morgan fingerprint density at radius 1 is 1.14 bits per heavy atom. The first-order valence-electron chi connectivity index (χ1n) is 7.63. The Labute approximate surface area is 140 Å². The number of rotatable bonds is 2. The molecule has 0 amide bonds. The van der Waals surface area contributed by atoms with Crippen LogP contribution in [0.4, 0.5) is 5.69 Å². The van der Waals surface area contributed by atoms with E-state index in [1.165, 1.54) is 16.0 Å². The highest BCUT2D eigenvalue weighted by Crippen LogP contribution is 2.51. The molecule has 0 radical (unpaired) electrons. The summed E-state index contributed by atoms with van der Waals surface area (Å²) >= 11 is 8.22. The van der Waals surface area contributed by atoms with Crippen molar-refractivity contribution in [3.63, 3.8) is 0 Å². The number of halogens is 1. The van der Waals surface area contributed by atoms with Gasteiger partial charge in [-0.05, 0) is 47.9 Å². The maximum atomic E-state index is 6.44. The summed E-state index contributed by atoms with van der Waals surface area (Å²) in [5.74, 6) is 1.05. The molecule has 0 fully saturated rings. The molecule has 2 aromatic rings. The van der Waals surface area contributed by atoms with E-state index in [1.807, 2.05) is 6.07 Å². The van der Waals surface area contributed by atoms with Crippen molar-refractivity contribution in [2.24, 2.45) is 5.92 Å². The molecular formula is C19H18ClNS. The SMILES string of the molecule is CSc1ccc(C2Nc3c(Cl)cccc3C3C=CCC32)cc1. The predicted octanol–water partition coefficient (Wildman–Crippen LogP) is 5.89. The highest BCUT2D eigenvalue weighted by atomic mass is 35.5. The first-order chi connectivity index (χ1) is 10.8. The summed E-state index contributed by atoms with van der Waals surface area (Å²) in [6.07, 6.45) is 7.90. The van der Waals surface area contributed by atoms with Crippen LogP contribution < -0.4 is 5.32 Å². The minimum Gasteiger partial charge on any atom is -0.376 e. The van der Waals surface area contributed by atoms with Crippen LogP contribution in [0.1, 0.15) is 29.5 Å². The largest absolute Gasteiger partial charge is 0.376 e. The van der Waals surface area contributed by atoms with Gasteiger partial charge in [0.05, 0.1) is 16.8 Å². The number of allylic oxidation sites excluding steroid dienone is 2. The Morgan fingerprint density at radius 2 is 1.95 bits per heavy atom. The van der Waals surface area contributed by atoms with E-state index in [2.05, 4.69) is 60.1 Å². The van der Waals surface area contributed by atoms with E-state index in [0.29, 0.717) is 17.9 Å². The van der Waals surface area contributed by atoms with Gasteiger partial charge >= 0.3 is 0 Å². The van der Waals surface area contributed by atoms with Gasteiger partial charge in [-0.25, -0.2) is 0 Å². The summed E-state index contributed by atoms with van der Waals surface area (Å²) in [6.45, 7) is 0. The Morgan fingerprint density at radius 3 is 2.73 bits per heavy atom. The van der Waals surface area contributed by atoms with Crippen LogP contribution >= 0.6 is 23.4 Å². The molecule has 0 saturated heterocycles. The van der Waals surface area contributed by atoms with E-state index in [4.69, 9.17) is 11.6 Å². The number of hydrogen-bond donors (Lipinski definition) is 1. The van der Waals surface area contributed by atoms with Crippen LogP contribution in [0.5, 0.6) is 0 Å². The molecule has 4 rings (SSSR count). The molecule has 0 saturated carbocycles. The molecule has 22 heavy (non-hydrogen) atoms. The van der Waals surface area contributed by atoms with E-state index in [0.717, 1.165) is 17.1 Å². The number of benzene rings is 2. The van der Waals surface area contributed by atoms with Crippen molar-refractivity contribution in [1.29, 1.82) is 0 Å². The van der Waals surface area contributed by atoms with Crippen molar-refractivity contribution in [3.8, 4) is 0 Å². The summed E-state index contributed by atoms with van der Waals surface area (Å²) < 4.78 is 0. The van der Waals surface area contributed by atoms with Crippen LogP contribution in [0.15, 0.2) is 59.5 Å². The third kappa shape index (κ3) is 2.26. The topological polar surface area (TPSA) is 12.0 Å². The molecular weight excluding hydrogens is 310 g/mol. The lowest BCUT2D eigenvalue weighted by Crippen LogP contribution is -2.29. The molecule has 3 atom stereocenters. The highest BCUT2D eigenvalue weighted by molar-refractivity contribution is 7.98. The molecule has 1 heterocycles. The van der Waals surface area contributed by atoms with Crippen LogP contribution in [0.2, 0.25) is 5.02 Å². The zero-order chi connectivity index (χ0) is 15.1. The molecule has 0 bridgehead atoms. The van der Waals surface area contributed by atoms with Crippen LogP contribution in [-0.4, -0.2) is 6.26 Å². The van der Waals surface area contributed by atoms with E-state index >= 15 is 0 Å². The van der Waals surface area contributed by atoms with Crippen molar-refractivity contribution in [1.82, 2.24) is 0 Å². The number of hydrogen-bond acceptors (Lipinski definition) is 2. The number of anilines is 1. The van der Waals surface area contributed by atoms with Gasteiger partial charge in [-0.15, -0.1) is 11.8 Å². The van der Waals surface area contributed by atoms with Gasteiger partial charge in [-0.1, -0.05) is 48.0 Å². The monoisotopic (exact) mass is 327 g/mol. The van der Waals surface area contributed by atoms with Crippen molar-refractivity contribution >= 4 is 29.1 Å². The number of thioether (sulfide) groups is 1. The van der Waals surface area contributed by atoms with Gasteiger partial charge in [0.25, 0.3) is 0 Å². The molecule has 3 heteroatoms. The maximum absolute atomic E-state index is 6.44. The zero-order valence-electron chi connectivity index (χ0n) is 12.4. The summed E-state index contributed by atoms with van der Waals surface area (Å²) in [4.78, 5) is 1.30. The third-order valence-electron chi connectivity index (χ3n) is 4.82. The first kappa shape index (κ1) is 14.2. The lowest BCUT2D eigenvalue weighted by atomic mass is 9.77. The number of nitrogens with one attached hydrogen (secondary N) is 1. The number of para-hydroxylation sites is 1. The molecule has 0 aromatic heterocycles. The molecule has 2 aliphatic rings. The van der Waals surface area contributed by atoms with Gasteiger partial charge in [0.15, 0.2) is 0 Å². The summed E-state index contributed by atoms with van der Waals surface area (Å²) in [6, 6.07) is 15.5. The molecule has 1 N–H and O–H groups in total. The fourth-order valence-electron chi connectivity index (χ4n) is 3.72. The van der Waals surface area contributed by atoms with E-state index < -0.39 is 0 Å². The highest BCUT2D eigenvalue weighted by Gasteiger charge is 2.38. The normalized spacial score (nSPS) is 25.5. The van der Waals surface area contributed by atoms with Crippen molar-refractivity contribution in [3.05, 3.63) is 70.8 Å². The fraction of sp³-hybridized carbons (Fsp3) is 0.263. The second-order valence-electron chi connectivity index (χ2n) is 5.95. The quantitative estimate of drug-likeness (QED) is 0.545. The van der Waals surface area contributed by atoms with Gasteiger partial charge in [0, 0.05) is 10.8 Å². The standard InChI is InChI=1S/C19H18ClNS/c1-22-13-10-8-12(9-11-13)18-15-5-2-4-14(15)16-6-3-7-17(20)19(16)21-18/h2-4,6-11,14-15,18,21H,5H2,1H3. The van der Waals surface area contributed by atoms with Crippen LogP contribution in [0, 0.1) is 5.92 Å². The second kappa shape index (κ2) is 5.68. The Balaban J connectivity index is 1.76. The van der Waals surface area contributed by atoms with Gasteiger partial charge in [0.1, 0.15) is 0 Å². The molecule has 1 aliphatic carbocycles. The van der Waals surface area contributed by atoms with Gasteiger partial charge in [-0.3, -0.25) is 0 Å². The van der Waals surface area contributed by atoms with Gasteiger partial charge in [-0.2, -0.15) is 0 Å². The summed E-state index contributed by atoms with van der Waals surface area (Å²) in [5, 5.41) is 4.53. The van der Waals surface area contributed by atoms with Crippen molar-refractivity contribution < 1.29 is 0 Å². The summed E-state index contributed by atoms with van der Waals surface area (Å²) in [5.41, 5.74) is 3.79. The molecule has 2 aromatic carbocycles. The predicted molar refractivity (Wildman–Crippen MR) is 96.0 cm³/mol. The Kier molecular flexibility index (Phi) is 3.67. The van der Waals surface area contributed by atoms with Crippen molar-refractivity contribution in [2.75, 3.05) is 11.6 Å². The van der Waals surface area contributed by atoms with E-state index in [1.54, 1.807) is 11.8 Å².